The van der Waals surface area contributed by atoms with Crippen molar-refractivity contribution < 1.29 is 98.4 Å². The van der Waals surface area contributed by atoms with Crippen molar-refractivity contribution in [2.75, 3.05) is 0 Å². The predicted octanol–water partition coefficient (Wildman–Crippen LogP) is -7.94. The monoisotopic (exact) mass is 551 g/mol. The molecule has 0 fully saturated rings. The summed E-state index contributed by atoms with van der Waals surface area (Å²) in [6.07, 6.45) is -1.53. The Kier molecular flexibility index (Phi) is 28.8. The van der Waals surface area contributed by atoms with Crippen LogP contribution >= 0.6 is 0 Å². The van der Waals surface area contributed by atoms with E-state index in [0.717, 1.165) is 0 Å². The first-order chi connectivity index (χ1) is 13.1. The first-order valence-electron chi connectivity index (χ1n) is 7.64. The third-order valence-corrected chi connectivity index (χ3v) is 2.64. The van der Waals surface area contributed by atoms with Gasteiger partial charge in [-0.15, -0.1) is 0 Å². The Balaban J connectivity index is -0.000000106. The third-order valence-electron chi connectivity index (χ3n) is 2.64. The Morgan fingerprint density at radius 3 is 1.06 bits per heavy atom. The predicted molar refractivity (Wildman–Crippen MR) is 82.3 cm³/mol. The van der Waals surface area contributed by atoms with Crippen LogP contribution in [-0.2, 0) is 67.7 Å². The first-order valence-corrected chi connectivity index (χ1v) is 7.64. The van der Waals surface area contributed by atoms with E-state index in [9.17, 15) is 49.2 Å². The summed E-state index contributed by atoms with van der Waals surface area (Å²) in [5.74, 6) is -8.00. The molecule has 0 aliphatic heterocycles. The molecule has 0 saturated carbocycles. The third kappa shape index (κ3) is 32.8. The Morgan fingerprint density at radius 1 is 0.645 bits per heavy atom. The van der Waals surface area contributed by atoms with E-state index in [0.29, 0.717) is 0 Å². The van der Waals surface area contributed by atoms with Gasteiger partial charge in [0.1, 0.15) is 6.04 Å². The average Bonchev–Trinajstić information content (AvgIpc) is 2.57. The summed E-state index contributed by atoms with van der Waals surface area (Å²) in [7, 11) is 0. The Labute approximate surface area is 201 Å². The molecule has 0 heterocycles. The Bertz CT molecular complexity index is 557. The minimum atomic E-state index is -1.44. The average molecular weight is 554 g/mol. The van der Waals surface area contributed by atoms with Gasteiger partial charge >= 0.3 is 50.9 Å². The van der Waals surface area contributed by atoms with Gasteiger partial charge in [0.15, 0.2) is 0 Å². The van der Waals surface area contributed by atoms with Gasteiger partial charge in [0.25, 0.3) is 0 Å². The second-order valence-corrected chi connectivity index (χ2v) is 5.22. The van der Waals surface area contributed by atoms with Crippen LogP contribution < -0.4 is 37.6 Å². The molecular formula is C14H21N3O12Zn2. The molecule has 168 valence electrons. The van der Waals surface area contributed by atoms with Crippen LogP contribution in [0.25, 0.3) is 0 Å². The van der Waals surface area contributed by atoms with E-state index in [-0.39, 0.29) is 64.6 Å². The Hall–Kier alpha value is -2.05. The van der Waals surface area contributed by atoms with Gasteiger partial charge < -0.3 is 67.0 Å². The maximum Gasteiger partial charge on any atom is 2.00 e. The van der Waals surface area contributed by atoms with E-state index in [1.807, 2.05) is 0 Å². The van der Waals surface area contributed by atoms with Crippen LogP contribution in [0.3, 0.4) is 0 Å². The van der Waals surface area contributed by atoms with Crippen molar-refractivity contribution >= 4 is 35.8 Å². The van der Waals surface area contributed by atoms with E-state index >= 15 is 0 Å². The minimum Gasteiger partial charge on any atom is -0.550 e. The maximum absolute atomic E-state index is 9.86. The van der Waals surface area contributed by atoms with Crippen LogP contribution in [0.2, 0.25) is 0 Å². The van der Waals surface area contributed by atoms with Crippen LogP contribution in [0.5, 0.6) is 0 Å². The van der Waals surface area contributed by atoms with Gasteiger partial charge in [-0.3, -0.25) is 9.59 Å². The number of nitrogens with two attached hydrogens (primary N) is 3. The van der Waals surface area contributed by atoms with Gasteiger partial charge in [-0.25, -0.2) is 0 Å². The normalized spacial score (nSPS) is 11.7. The number of aliphatic carboxylic acids is 6. The Morgan fingerprint density at radius 2 is 0.935 bits per heavy atom. The van der Waals surface area contributed by atoms with Crippen LogP contribution in [-0.4, -0.2) is 64.2 Å². The van der Waals surface area contributed by atoms with Crippen LogP contribution in [0, 0.1) is 0 Å². The van der Waals surface area contributed by atoms with Crippen LogP contribution in [0.4, 0.5) is 0 Å². The summed E-state index contributed by atoms with van der Waals surface area (Å²) in [4.78, 5) is 58.8. The summed E-state index contributed by atoms with van der Waals surface area (Å²) >= 11 is 0. The van der Waals surface area contributed by atoms with Crippen molar-refractivity contribution in [2.24, 2.45) is 17.2 Å². The fourth-order valence-corrected chi connectivity index (χ4v) is 1.06. The fourth-order valence-electron chi connectivity index (χ4n) is 1.06. The van der Waals surface area contributed by atoms with Crippen molar-refractivity contribution in [1.82, 2.24) is 0 Å². The molecule has 3 atom stereocenters. The number of carbonyl (C=O) groups excluding carboxylic acids is 4. The van der Waals surface area contributed by atoms with Crippen LogP contribution in [0.15, 0.2) is 0 Å². The fraction of sp³-hybridized carbons (Fsp3) is 0.571. The molecule has 0 rings (SSSR count). The molecule has 0 aromatic carbocycles. The summed E-state index contributed by atoms with van der Waals surface area (Å²) in [5, 5.41) is 55.2. The van der Waals surface area contributed by atoms with Gasteiger partial charge in [-0.05, 0) is 25.7 Å². The van der Waals surface area contributed by atoms with Gasteiger partial charge in [0.05, 0.1) is 18.4 Å². The molecule has 0 bridgehead atoms. The summed E-state index contributed by atoms with van der Waals surface area (Å²) in [6, 6.07) is -3.71. The molecule has 0 aromatic rings. The topological polar surface area (TPSA) is 313 Å². The van der Waals surface area contributed by atoms with Gasteiger partial charge in [0, 0.05) is 24.0 Å². The minimum absolute atomic E-state index is 0. The van der Waals surface area contributed by atoms with E-state index in [4.69, 9.17) is 27.4 Å². The summed E-state index contributed by atoms with van der Waals surface area (Å²) in [6.45, 7) is 0. The summed E-state index contributed by atoms with van der Waals surface area (Å²) < 4.78 is 0. The van der Waals surface area contributed by atoms with Crippen LogP contribution in [0.1, 0.15) is 32.1 Å². The van der Waals surface area contributed by atoms with E-state index in [2.05, 4.69) is 0 Å². The maximum atomic E-state index is 9.86. The van der Waals surface area contributed by atoms with E-state index in [1.54, 1.807) is 0 Å². The molecule has 0 saturated heterocycles. The molecule has 15 nitrogen and oxygen atoms in total. The van der Waals surface area contributed by atoms with Crippen molar-refractivity contribution in [3.8, 4) is 0 Å². The molecule has 3 unspecified atom stereocenters. The second-order valence-electron chi connectivity index (χ2n) is 5.22. The molecule has 0 aliphatic rings. The second kappa shape index (κ2) is 22.6. The van der Waals surface area contributed by atoms with Gasteiger partial charge in [0.2, 0.25) is 0 Å². The molecule has 17 heteroatoms. The number of carbonyl (C=O) groups is 6. The molecule has 0 spiro atoms. The molecule has 0 aliphatic carbocycles. The van der Waals surface area contributed by atoms with Crippen molar-refractivity contribution in [3.05, 3.63) is 0 Å². The largest absolute Gasteiger partial charge is 2.00 e. The number of hydrogen-bond donors (Lipinski definition) is 5. The zero-order chi connectivity index (χ0) is 23.7. The number of carboxylic acid groups (broad SMARTS) is 6. The standard InChI is InChI=1S/2C5H9NO4.C4H7NO4.2Zn/c2*6-3(5(9)10)1-2-4(7)8;5-2(4(8)9)1-3(6)7;;/h2*3H,1-2,6H2,(H,7,8)(H,9,10);2H,1,5H2,(H,6,7)(H,8,9);;/q;;;2*+2/p-4. The number of hydrogen-bond acceptors (Lipinski definition) is 13. The SMILES string of the molecule is NC(CC(=O)O)C(=O)O.NC(CCC(=O)[O-])C(=O)[O-].NC(CCC(=O)[O-])C(=O)[O-].[Zn+2].[Zn+2]. The van der Waals surface area contributed by atoms with Crippen molar-refractivity contribution in [3.63, 3.8) is 0 Å². The smallest absolute Gasteiger partial charge is 0.550 e. The number of rotatable bonds is 11. The van der Waals surface area contributed by atoms with Crippen molar-refractivity contribution in [1.29, 1.82) is 0 Å². The molecule has 0 amide bonds. The molecule has 8 N–H and O–H groups in total. The quantitative estimate of drug-likeness (QED) is 0.148. The summed E-state index contributed by atoms with van der Waals surface area (Å²) in [5.41, 5.74) is 14.7. The van der Waals surface area contributed by atoms with E-state index < -0.39 is 60.4 Å². The van der Waals surface area contributed by atoms with Gasteiger partial charge in [-0.2, -0.15) is 0 Å². The zero-order valence-corrected chi connectivity index (χ0v) is 22.3. The first kappa shape index (κ1) is 39.4. The van der Waals surface area contributed by atoms with Gasteiger partial charge in [-0.1, -0.05) is 0 Å². The molecule has 31 heavy (non-hydrogen) atoms. The zero-order valence-electron chi connectivity index (χ0n) is 16.4. The molecular weight excluding hydrogens is 533 g/mol. The van der Waals surface area contributed by atoms with Crippen molar-refractivity contribution in [2.45, 2.75) is 50.2 Å². The van der Waals surface area contributed by atoms with E-state index in [1.165, 1.54) is 0 Å². The molecule has 0 radical (unpaired) electrons. The number of carboxylic acids is 6. The molecule has 0 aromatic heterocycles.